The maximum atomic E-state index is 11.0. The average molecular weight is 157 g/mol. The number of ketones is 1. The molecule has 1 unspecified atom stereocenters. The highest BCUT2D eigenvalue weighted by Crippen LogP contribution is 2.03. The monoisotopic (exact) mass is 157 g/mol. The highest BCUT2D eigenvalue weighted by atomic mass is 16.5. The van der Waals surface area contributed by atoms with E-state index < -0.39 is 12.0 Å². The molecule has 11 heavy (non-hydrogen) atoms. The summed E-state index contributed by atoms with van der Waals surface area (Å²) in [6.45, 7) is 0.714. The molecule has 0 radical (unpaired) electrons. The molecule has 4 nitrogen and oxygen atoms in total. The van der Waals surface area contributed by atoms with Crippen LogP contribution >= 0.6 is 0 Å². The predicted molar refractivity (Wildman–Crippen MR) is 38.0 cm³/mol. The molecule has 1 aliphatic rings. The molecule has 0 saturated carbocycles. The number of carbonyl (C=O) groups is 2. The molecule has 1 rings (SSSR count). The van der Waals surface area contributed by atoms with Crippen molar-refractivity contribution in [1.29, 1.82) is 0 Å². The van der Waals surface area contributed by atoms with E-state index in [4.69, 9.17) is 0 Å². The van der Waals surface area contributed by atoms with E-state index in [1.165, 1.54) is 7.11 Å². The van der Waals surface area contributed by atoms with Crippen LogP contribution in [-0.4, -0.2) is 31.4 Å². The van der Waals surface area contributed by atoms with E-state index in [1.54, 1.807) is 0 Å². The number of piperidine rings is 1. The lowest BCUT2D eigenvalue weighted by molar-refractivity contribution is -0.147. The minimum atomic E-state index is -0.714. The van der Waals surface area contributed by atoms with Gasteiger partial charge in [0.2, 0.25) is 0 Å². The molecule has 1 heterocycles. The van der Waals surface area contributed by atoms with Crippen molar-refractivity contribution in [3.63, 3.8) is 0 Å². The summed E-state index contributed by atoms with van der Waals surface area (Å²) in [6.07, 6.45) is 1.29. The van der Waals surface area contributed by atoms with E-state index in [0.717, 1.165) is 6.42 Å². The summed E-state index contributed by atoms with van der Waals surface area (Å²) in [5.41, 5.74) is 0. The van der Waals surface area contributed by atoms with Crippen LogP contribution < -0.4 is 5.32 Å². The van der Waals surface area contributed by atoms with Gasteiger partial charge in [-0.15, -0.1) is 0 Å². The number of nitrogens with one attached hydrogen (secondary N) is 1. The van der Waals surface area contributed by atoms with Crippen molar-refractivity contribution in [1.82, 2.24) is 5.32 Å². The van der Waals surface area contributed by atoms with Crippen LogP contribution in [0.5, 0.6) is 0 Å². The lowest BCUT2D eigenvalue weighted by Gasteiger charge is -2.19. The van der Waals surface area contributed by atoms with Crippen LogP contribution in [0, 0.1) is 0 Å². The molecular weight excluding hydrogens is 146 g/mol. The van der Waals surface area contributed by atoms with E-state index in [0.29, 0.717) is 13.0 Å². The first-order valence-corrected chi connectivity index (χ1v) is 3.59. The fraction of sp³-hybridized carbons (Fsp3) is 0.714. The van der Waals surface area contributed by atoms with E-state index in [9.17, 15) is 9.59 Å². The molecule has 0 aromatic rings. The fourth-order valence-corrected chi connectivity index (χ4v) is 1.10. The lowest BCUT2D eigenvalue weighted by atomic mass is 10.0. The standard InChI is InChI=1S/C7H11NO3/c1-11-7(10)6-5(9)3-2-4-8-6/h6,8H,2-4H2,1H3. The third-order valence-corrected chi connectivity index (χ3v) is 1.71. The summed E-state index contributed by atoms with van der Waals surface area (Å²) < 4.78 is 4.44. The Morgan fingerprint density at radius 2 is 2.45 bits per heavy atom. The molecule has 0 spiro atoms. The molecule has 0 aliphatic carbocycles. The number of Topliss-reactive ketones (excluding diaryl/α,β-unsaturated/α-hetero) is 1. The van der Waals surface area contributed by atoms with E-state index in [-0.39, 0.29) is 5.78 Å². The largest absolute Gasteiger partial charge is 0.468 e. The summed E-state index contributed by atoms with van der Waals surface area (Å²) in [6, 6.07) is -0.714. The van der Waals surface area contributed by atoms with Crippen LogP contribution in [0.15, 0.2) is 0 Å². The number of carbonyl (C=O) groups excluding carboxylic acids is 2. The molecule has 1 atom stereocenters. The molecule has 1 aliphatic heterocycles. The molecular formula is C7H11NO3. The van der Waals surface area contributed by atoms with Crippen LogP contribution in [0.3, 0.4) is 0 Å². The normalized spacial score (nSPS) is 24.8. The Balaban J connectivity index is 2.54. The van der Waals surface area contributed by atoms with Gasteiger partial charge >= 0.3 is 5.97 Å². The van der Waals surface area contributed by atoms with E-state index in [2.05, 4.69) is 10.1 Å². The maximum absolute atomic E-state index is 11.0. The number of ether oxygens (including phenoxy) is 1. The number of esters is 1. The molecule has 0 aromatic carbocycles. The first-order chi connectivity index (χ1) is 5.25. The molecule has 0 amide bonds. The molecule has 0 aromatic heterocycles. The van der Waals surface area contributed by atoms with Crippen molar-refractivity contribution in [3.05, 3.63) is 0 Å². The Morgan fingerprint density at radius 1 is 1.73 bits per heavy atom. The summed E-state index contributed by atoms with van der Waals surface area (Å²) in [5.74, 6) is -0.544. The van der Waals surface area contributed by atoms with Gasteiger partial charge in [-0.1, -0.05) is 0 Å². The zero-order valence-corrected chi connectivity index (χ0v) is 6.42. The Kier molecular flexibility index (Phi) is 2.59. The smallest absolute Gasteiger partial charge is 0.330 e. The van der Waals surface area contributed by atoms with Gasteiger partial charge < -0.3 is 4.74 Å². The molecule has 1 N–H and O–H groups in total. The zero-order valence-electron chi connectivity index (χ0n) is 6.42. The van der Waals surface area contributed by atoms with E-state index in [1.807, 2.05) is 0 Å². The average Bonchev–Trinajstić information content (AvgIpc) is 2.04. The van der Waals surface area contributed by atoms with Gasteiger partial charge in [0.25, 0.3) is 0 Å². The Hall–Kier alpha value is -0.900. The SMILES string of the molecule is COC(=O)C1NCCCC1=O. The van der Waals surface area contributed by atoms with E-state index >= 15 is 0 Å². The van der Waals surface area contributed by atoms with Crippen molar-refractivity contribution in [3.8, 4) is 0 Å². The first kappa shape index (κ1) is 8.20. The lowest BCUT2D eigenvalue weighted by Crippen LogP contribution is -2.47. The van der Waals surface area contributed by atoms with Crippen LogP contribution in [0.25, 0.3) is 0 Å². The maximum Gasteiger partial charge on any atom is 0.330 e. The van der Waals surface area contributed by atoms with Crippen LogP contribution in [0.1, 0.15) is 12.8 Å². The topological polar surface area (TPSA) is 55.4 Å². The molecule has 62 valence electrons. The molecule has 4 heteroatoms. The first-order valence-electron chi connectivity index (χ1n) is 3.59. The summed E-state index contributed by atoms with van der Waals surface area (Å²) in [4.78, 5) is 21.9. The summed E-state index contributed by atoms with van der Waals surface area (Å²) >= 11 is 0. The van der Waals surface area contributed by atoms with Gasteiger partial charge in [0.05, 0.1) is 7.11 Å². The van der Waals surface area contributed by atoms with Gasteiger partial charge in [0.15, 0.2) is 11.8 Å². The summed E-state index contributed by atoms with van der Waals surface area (Å²) in [5, 5.41) is 2.80. The highest BCUT2D eigenvalue weighted by molar-refractivity contribution is 6.03. The Labute approximate surface area is 64.9 Å². The second-order valence-electron chi connectivity index (χ2n) is 2.48. The second-order valence-corrected chi connectivity index (χ2v) is 2.48. The third kappa shape index (κ3) is 1.77. The number of hydrogen-bond acceptors (Lipinski definition) is 4. The second kappa shape index (κ2) is 3.48. The molecule has 1 fully saturated rings. The quantitative estimate of drug-likeness (QED) is 0.411. The van der Waals surface area contributed by atoms with Crippen LogP contribution in [-0.2, 0) is 14.3 Å². The number of hydrogen-bond donors (Lipinski definition) is 1. The third-order valence-electron chi connectivity index (χ3n) is 1.71. The van der Waals surface area contributed by atoms with Gasteiger partial charge in [-0.25, -0.2) is 4.79 Å². The number of rotatable bonds is 1. The van der Waals surface area contributed by atoms with Crippen LogP contribution in [0.4, 0.5) is 0 Å². The minimum absolute atomic E-state index is 0.0666. The van der Waals surface area contributed by atoms with Crippen molar-refractivity contribution in [2.24, 2.45) is 0 Å². The summed E-state index contributed by atoms with van der Waals surface area (Å²) in [7, 11) is 1.28. The van der Waals surface area contributed by atoms with Crippen molar-refractivity contribution in [2.45, 2.75) is 18.9 Å². The van der Waals surface area contributed by atoms with Crippen molar-refractivity contribution >= 4 is 11.8 Å². The van der Waals surface area contributed by atoms with Crippen molar-refractivity contribution in [2.75, 3.05) is 13.7 Å². The van der Waals surface area contributed by atoms with Gasteiger partial charge in [0, 0.05) is 6.42 Å². The van der Waals surface area contributed by atoms with Crippen molar-refractivity contribution < 1.29 is 14.3 Å². The van der Waals surface area contributed by atoms with Gasteiger partial charge in [-0.2, -0.15) is 0 Å². The predicted octanol–water partition coefficient (Wildman–Crippen LogP) is -0.520. The minimum Gasteiger partial charge on any atom is -0.468 e. The number of methoxy groups -OCH3 is 1. The zero-order chi connectivity index (χ0) is 8.27. The molecule has 0 bridgehead atoms. The Morgan fingerprint density at radius 3 is 3.00 bits per heavy atom. The van der Waals surface area contributed by atoms with Gasteiger partial charge in [0.1, 0.15) is 0 Å². The van der Waals surface area contributed by atoms with Crippen LogP contribution in [0.2, 0.25) is 0 Å². The van der Waals surface area contributed by atoms with Gasteiger partial charge in [-0.3, -0.25) is 10.1 Å². The highest BCUT2D eigenvalue weighted by Gasteiger charge is 2.28. The van der Waals surface area contributed by atoms with Gasteiger partial charge in [-0.05, 0) is 13.0 Å². The Bertz CT molecular complexity index is 171. The fourth-order valence-electron chi connectivity index (χ4n) is 1.10. The molecule has 1 saturated heterocycles.